The maximum absolute atomic E-state index is 11.5. The van der Waals surface area contributed by atoms with Crippen molar-refractivity contribution in [3.63, 3.8) is 0 Å². The number of nitrogens with one attached hydrogen (secondary N) is 2. The molecule has 0 atom stereocenters. The van der Waals surface area contributed by atoms with Gasteiger partial charge in [0.2, 0.25) is 5.75 Å². The first-order chi connectivity index (χ1) is 14.0. The summed E-state index contributed by atoms with van der Waals surface area (Å²) in [6.45, 7) is 2.95. The fraction of sp³-hybridized carbons (Fsp3) is 0.300. The number of benzene rings is 2. The minimum atomic E-state index is -0.499. The summed E-state index contributed by atoms with van der Waals surface area (Å²) in [7, 11) is 1.44. The van der Waals surface area contributed by atoms with E-state index in [2.05, 4.69) is 15.8 Å². The van der Waals surface area contributed by atoms with Crippen LogP contribution in [0.4, 0.5) is 5.69 Å². The number of unbranched alkanes of at least 4 members (excludes halogenated alkanes) is 1. The van der Waals surface area contributed by atoms with E-state index >= 15 is 0 Å². The van der Waals surface area contributed by atoms with Gasteiger partial charge in [0, 0.05) is 18.2 Å². The summed E-state index contributed by atoms with van der Waals surface area (Å²) in [5.74, 6) is 0.401. The van der Waals surface area contributed by atoms with E-state index in [1.807, 2.05) is 37.3 Å². The van der Waals surface area contributed by atoms with Crippen LogP contribution < -0.4 is 20.2 Å². The maximum Gasteiger partial charge on any atom is 0.315 e. The molecule has 2 aromatic rings. The molecular formula is C20H24N4O4S. The van der Waals surface area contributed by atoms with Crippen molar-refractivity contribution < 1.29 is 14.4 Å². The van der Waals surface area contributed by atoms with Crippen LogP contribution in [0.1, 0.15) is 30.9 Å². The zero-order valence-corrected chi connectivity index (χ0v) is 17.2. The van der Waals surface area contributed by atoms with Crippen molar-refractivity contribution in [3.05, 3.63) is 63.7 Å². The molecule has 8 nitrogen and oxygen atoms in total. The number of hydrazone groups is 1. The van der Waals surface area contributed by atoms with Crippen molar-refractivity contribution in [2.45, 2.75) is 26.3 Å². The van der Waals surface area contributed by atoms with E-state index in [-0.39, 0.29) is 17.2 Å². The number of rotatable bonds is 10. The molecule has 0 saturated heterocycles. The summed E-state index contributed by atoms with van der Waals surface area (Å²) in [6.07, 6.45) is 3.15. The molecule has 0 aliphatic heterocycles. The van der Waals surface area contributed by atoms with Crippen LogP contribution in [-0.2, 0) is 6.54 Å². The van der Waals surface area contributed by atoms with Gasteiger partial charge in [-0.05, 0) is 30.3 Å². The molecule has 0 heterocycles. The Balaban J connectivity index is 2.04. The van der Waals surface area contributed by atoms with Crippen molar-refractivity contribution in [2.75, 3.05) is 13.7 Å². The number of thiocarbonyl (C=S) groups is 1. The lowest BCUT2D eigenvalue weighted by Crippen LogP contribution is -2.31. The van der Waals surface area contributed by atoms with Gasteiger partial charge in [0.1, 0.15) is 0 Å². The van der Waals surface area contributed by atoms with E-state index in [9.17, 15) is 10.1 Å². The molecule has 2 aromatic carbocycles. The molecule has 0 radical (unpaired) electrons. The Kier molecular flexibility index (Phi) is 8.84. The summed E-state index contributed by atoms with van der Waals surface area (Å²) in [5, 5.41) is 18.9. The summed E-state index contributed by atoms with van der Waals surface area (Å²) < 4.78 is 10.8. The van der Waals surface area contributed by atoms with E-state index in [0.29, 0.717) is 23.8 Å². The molecule has 0 amide bonds. The molecular weight excluding hydrogens is 392 g/mol. The number of nitrogens with zero attached hydrogens (tertiary/aromatic N) is 2. The third-order valence-corrected chi connectivity index (χ3v) is 4.13. The van der Waals surface area contributed by atoms with Gasteiger partial charge in [0.15, 0.2) is 10.9 Å². The fourth-order valence-electron chi connectivity index (χ4n) is 2.42. The molecule has 2 rings (SSSR count). The van der Waals surface area contributed by atoms with Crippen LogP contribution in [0, 0.1) is 10.1 Å². The van der Waals surface area contributed by atoms with E-state index in [1.54, 1.807) is 6.07 Å². The summed E-state index contributed by atoms with van der Waals surface area (Å²) in [4.78, 5) is 11.0. The van der Waals surface area contributed by atoms with E-state index < -0.39 is 4.92 Å². The Bertz CT molecular complexity index is 859. The molecule has 9 heteroatoms. The Labute approximate surface area is 175 Å². The van der Waals surface area contributed by atoms with Gasteiger partial charge in [-0.1, -0.05) is 43.7 Å². The highest BCUT2D eigenvalue weighted by Gasteiger charge is 2.22. The molecule has 0 bridgehead atoms. The fourth-order valence-corrected chi connectivity index (χ4v) is 2.54. The Hall–Kier alpha value is -3.20. The summed E-state index contributed by atoms with van der Waals surface area (Å²) in [6, 6.07) is 12.8. The van der Waals surface area contributed by atoms with Gasteiger partial charge in [-0.25, -0.2) is 0 Å². The molecule has 154 valence electrons. The lowest BCUT2D eigenvalue weighted by molar-refractivity contribution is -0.386. The van der Waals surface area contributed by atoms with Crippen LogP contribution in [-0.4, -0.2) is 30.0 Å². The molecule has 0 fully saturated rings. The van der Waals surface area contributed by atoms with Gasteiger partial charge < -0.3 is 14.8 Å². The largest absolute Gasteiger partial charge is 0.493 e. The number of nitro groups is 1. The van der Waals surface area contributed by atoms with Crippen LogP contribution in [0.15, 0.2) is 47.6 Å². The number of hydrogen-bond donors (Lipinski definition) is 2. The first-order valence-corrected chi connectivity index (χ1v) is 9.56. The average Bonchev–Trinajstić information content (AvgIpc) is 2.73. The van der Waals surface area contributed by atoms with Gasteiger partial charge in [-0.15, -0.1) is 0 Å². The second kappa shape index (κ2) is 11.6. The van der Waals surface area contributed by atoms with E-state index in [4.69, 9.17) is 21.7 Å². The molecule has 0 saturated carbocycles. The zero-order chi connectivity index (χ0) is 21.1. The zero-order valence-electron chi connectivity index (χ0n) is 16.4. The first-order valence-electron chi connectivity index (χ1n) is 9.15. The molecule has 0 spiro atoms. The summed E-state index contributed by atoms with van der Waals surface area (Å²) >= 11 is 5.18. The Morgan fingerprint density at radius 1 is 1.31 bits per heavy atom. The molecule has 0 aliphatic carbocycles. The predicted octanol–water partition coefficient (Wildman–Crippen LogP) is 3.78. The minimum absolute atomic E-state index is 0.121. The van der Waals surface area contributed by atoms with Gasteiger partial charge >= 0.3 is 5.69 Å². The molecule has 29 heavy (non-hydrogen) atoms. The van der Waals surface area contributed by atoms with Gasteiger partial charge in [-0.3, -0.25) is 15.5 Å². The second-order valence-electron chi connectivity index (χ2n) is 6.07. The Morgan fingerprint density at radius 3 is 2.72 bits per heavy atom. The number of ether oxygens (including phenoxy) is 2. The maximum atomic E-state index is 11.5. The SMILES string of the molecule is CCCCOc1c(OC)cc(/C=N\NC(=S)NCc2ccccc2)cc1[N+](=O)[O-]. The van der Waals surface area contributed by atoms with Gasteiger partial charge in [0.05, 0.1) is 24.9 Å². The van der Waals surface area contributed by atoms with Crippen LogP contribution >= 0.6 is 12.2 Å². The third-order valence-electron chi connectivity index (χ3n) is 3.89. The predicted molar refractivity (Wildman–Crippen MR) is 117 cm³/mol. The highest BCUT2D eigenvalue weighted by molar-refractivity contribution is 7.80. The van der Waals surface area contributed by atoms with E-state index in [1.165, 1.54) is 19.4 Å². The highest BCUT2D eigenvalue weighted by atomic mass is 32.1. The topological polar surface area (TPSA) is 98.0 Å². The van der Waals surface area contributed by atoms with Crippen LogP contribution in [0.2, 0.25) is 0 Å². The van der Waals surface area contributed by atoms with Crippen molar-refractivity contribution >= 4 is 29.2 Å². The molecule has 2 N–H and O–H groups in total. The number of nitro benzene ring substituents is 1. The van der Waals surface area contributed by atoms with E-state index in [0.717, 1.165) is 18.4 Å². The van der Waals surface area contributed by atoms with Crippen LogP contribution in [0.3, 0.4) is 0 Å². The molecule has 0 unspecified atom stereocenters. The summed E-state index contributed by atoms with van der Waals surface area (Å²) in [5.41, 5.74) is 4.08. The monoisotopic (exact) mass is 416 g/mol. The molecule has 0 aromatic heterocycles. The smallest absolute Gasteiger partial charge is 0.315 e. The average molecular weight is 417 g/mol. The standard InChI is InChI=1S/C20H24N4O4S/c1-3-4-10-28-19-17(24(25)26)11-16(12-18(19)27-2)14-22-23-20(29)21-13-15-8-6-5-7-9-15/h5-9,11-12,14H,3-4,10,13H2,1-2H3,(H2,21,23,29)/b22-14-. The lowest BCUT2D eigenvalue weighted by atomic mass is 10.2. The normalized spacial score (nSPS) is 10.6. The first kappa shape index (κ1) is 22.1. The van der Waals surface area contributed by atoms with Crippen molar-refractivity contribution in [2.24, 2.45) is 5.10 Å². The Morgan fingerprint density at radius 2 is 2.07 bits per heavy atom. The van der Waals surface area contributed by atoms with Gasteiger partial charge in [-0.2, -0.15) is 5.10 Å². The van der Waals surface area contributed by atoms with Crippen molar-refractivity contribution in [1.29, 1.82) is 0 Å². The van der Waals surface area contributed by atoms with Crippen LogP contribution in [0.25, 0.3) is 0 Å². The van der Waals surface area contributed by atoms with Crippen molar-refractivity contribution in [3.8, 4) is 11.5 Å². The minimum Gasteiger partial charge on any atom is -0.493 e. The third kappa shape index (κ3) is 7.04. The number of methoxy groups -OCH3 is 1. The lowest BCUT2D eigenvalue weighted by Gasteiger charge is -2.11. The van der Waals surface area contributed by atoms with Crippen LogP contribution in [0.5, 0.6) is 11.5 Å². The highest BCUT2D eigenvalue weighted by Crippen LogP contribution is 2.38. The van der Waals surface area contributed by atoms with Crippen molar-refractivity contribution in [1.82, 2.24) is 10.7 Å². The second-order valence-corrected chi connectivity index (χ2v) is 6.48. The quantitative estimate of drug-likeness (QED) is 0.200. The number of hydrogen-bond acceptors (Lipinski definition) is 6. The molecule has 0 aliphatic rings. The van der Waals surface area contributed by atoms with Gasteiger partial charge in [0.25, 0.3) is 0 Å².